The summed E-state index contributed by atoms with van der Waals surface area (Å²) in [6.07, 6.45) is 6.47. The summed E-state index contributed by atoms with van der Waals surface area (Å²) in [5.41, 5.74) is 5.00. The monoisotopic (exact) mass is 602 g/mol. The fourth-order valence-electron chi connectivity index (χ4n) is 6.44. The number of aryl methyl sites for hydroxylation is 2. The number of methoxy groups -OCH3 is 1. The molecule has 0 radical (unpaired) electrons. The number of carbonyl (C=O) groups is 2. The van der Waals surface area contributed by atoms with Gasteiger partial charge in [-0.2, -0.15) is 0 Å². The van der Waals surface area contributed by atoms with Crippen LogP contribution in [0.2, 0.25) is 0 Å². The molecule has 2 aromatic rings. The summed E-state index contributed by atoms with van der Waals surface area (Å²) in [7, 11) is 1.71. The van der Waals surface area contributed by atoms with Crippen LogP contribution in [0.15, 0.2) is 18.2 Å². The van der Waals surface area contributed by atoms with Gasteiger partial charge in [0.25, 0.3) is 5.91 Å². The number of benzene rings is 1. The lowest BCUT2D eigenvalue weighted by atomic mass is 9.92. The van der Waals surface area contributed by atoms with Crippen molar-refractivity contribution in [2.24, 2.45) is 11.8 Å². The first-order valence-corrected chi connectivity index (χ1v) is 15.4. The molecule has 2 atom stereocenters. The Balaban J connectivity index is 0.00000405. The van der Waals surface area contributed by atoms with Crippen molar-refractivity contribution in [3.8, 4) is 5.69 Å². The zero-order valence-electron chi connectivity index (χ0n) is 25.3. The topological polar surface area (TPSA) is 102 Å². The van der Waals surface area contributed by atoms with Gasteiger partial charge < -0.3 is 24.6 Å². The number of unbranched alkanes of at least 4 members (excludes halogenated alkanes) is 1. The van der Waals surface area contributed by atoms with E-state index in [0.717, 1.165) is 37.1 Å². The lowest BCUT2D eigenvalue weighted by molar-refractivity contribution is -0.140. The van der Waals surface area contributed by atoms with E-state index in [1.165, 1.54) is 17.5 Å². The molecule has 3 aliphatic rings. The molecule has 1 N–H and O–H groups in total. The molecule has 11 heteroatoms. The number of amides is 2. The Bertz CT molecular complexity index is 1200. The number of hydrogen-bond acceptors (Lipinski definition) is 7. The first kappa shape index (κ1) is 32.4. The largest absolute Gasteiger partial charge is 0.385 e. The summed E-state index contributed by atoms with van der Waals surface area (Å²) in [4.78, 5) is 31.5. The minimum absolute atomic E-state index is 0. The first-order chi connectivity index (χ1) is 20.0. The number of morpholine rings is 1. The van der Waals surface area contributed by atoms with Crippen molar-refractivity contribution in [1.82, 2.24) is 30.1 Å². The SMILES string of the molecule is COCCCCc1c(C(=O)N(CC(C)C)[C@@H]2CNC[C@H](C(=O)N3CCOCC3)C2)nnn1-c1ccc2c(c1)CCC2.Cl. The van der Waals surface area contributed by atoms with Crippen LogP contribution in [0.5, 0.6) is 0 Å². The Morgan fingerprint density at radius 1 is 1.14 bits per heavy atom. The molecule has 1 aliphatic carbocycles. The van der Waals surface area contributed by atoms with E-state index in [0.29, 0.717) is 71.1 Å². The Morgan fingerprint density at radius 2 is 1.93 bits per heavy atom. The second-order valence-corrected chi connectivity index (χ2v) is 12.1. The normalized spacial score (nSPS) is 20.3. The van der Waals surface area contributed by atoms with Gasteiger partial charge in [-0.3, -0.25) is 9.59 Å². The van der Waals surface area contributed by atoms with Crippen molar-refractivity contribution in [1.29, 1.82) is 0 Å². The molecule has 42 heavy (non-hydrogen) atoms. The van der Waals surface area contributed by atoms with Gasteiger partial charge in [-0.15, -0.1) is 17.5 Å². The Labute approximate surface area is 255 Å². The average molecular weight is 603 g/mol. The summed E-state index contributed by atoms with van der Waals surface area (Å²) < 4.78 is 12.6. The van der Waals surface area contributed by atoms with Crippen LogP contribution in [0.4, 0.5) is 0 Å². The number of carbonyl (C=O) groups excluding carboxylic acids is 2. The summed E-state index contributed by atoms with van der Waals surface area (Å²) >= 11 is 0. The number of nitrogens with zero attached hydrogens (tertiary/aromatic N) is 5. The summed E-state index contributed by atoms with van der Waals surface area (Å²) in [5.74, 6) is 0.166. The molecule has 232 valence electrons. The highest BCUT2D eigenvalue weighted by Gasteiger charge is 2.37. The number of rotatable bonds is 11. The van der Waals surface area contributed by atoms with Crippen molar-refractivity contribution in [2.45, 2.75) is 64.8 Å². The molecule has 1 aromatic carbocycles. The first-order valence-electron chi connectivity index (χ1n) is 15.4. The molecule has 2 aliphatic heterocycles. The van der Waals surface area contributed by atoms with E-state index in [1.54, 1.807) is 7.11 Å². The summed E-state index contributed by atoms with van der Waals surface area (Å²) in [5, 5.41) is 12.5. The highest BCUT2D eigenvalue weighted by molar-refractivity contribution is 5.94. The van der Waals surface area contributed by atoms with Crippen molar-refractivity contribution < 1.29 is 19.1 Å². The summed E-state index contributed by atoms with van der Waals surface area (Å²) in [6.45, 7) is 9.25. The van der Waals surface area contributed by atoms with Crippen LogP contribution in [0.3, 0.4) is 0 Å². The van der Waals surface area contributed by atoms with Crippen LogP contribution in [0.1, 0.15) is 66.8 Å². The molecule has 0 bridgehead atoms. The number of ether oxygens (including phenoxy) is 2. The van der Waals surface area contributed by atoms with Gasteiger partial charge in [-0.1, -0.05) is 25.1 Å². The van der Waals surface area contributed by atoms with Gasteiger partial charge >= 0.3 is 0 Å². The second-order valence-electron chi connectivity index (χ2n) is 12.1. The van der Waals surface area contributed by atoms with Crippen molar-refractivity contribution in [3.05, 3.63) is 40.7 Å². The minimum Gasteiger partial charge on any atom is -0.385 e. The van der Waals surface area contributed by atoms with Crippen molar-refractivity contribution in [3.63, 3.8) is 0 Å². The van der Waals surface area contributed by atoms with Crippen LogP contribution < -0.4 is 5.32 Å². The molecule has 0 saturated carbocycles. The number of hydrogen-bond donors (Lipinski definition) is 1. The molecule has 2 saturated heterocycles. The molecule has 2 fully saturated rings. The zero-order chi connectivity index (χ0) is 28.8. The average Bonchev–Trinajstić information content (AvgIpc) is 3.64. The lowest BCUT2D eigenvalue weighted by Gasteiger charge is -2.40. The smallest absolute Gasteiger partial charge is 0.276 e. The highest BCUT2D eigenvalue weighted by atomic mass is 35.5. The van der Waals surface area contributed by atoms with E-state index in [9.17, 15) is 9.59 Å². The minimum atomic E-state index is -0.162. The molecular formula is C31H47ClN6O4. The van der Waals surface area contributed by atoms with E-state index < -0.39 is 0 Å². The van der Waals surface area contributed by atoms with Crippen LogP contribution >= 0.6 is 12.4 Å². The molecule has 10 nitrogen and oxygen atoms in total. The van der Waals surface area contributed by atoms with Crippen LogP contribution in [0.25, 0.3) is 5.69 Å². The van der Waals surface area contributed by atoms with Gasteiger partial charge in [0.05, 0.1) is 30.5 Å². The molecule has 0 spiro atoms. The third-order valence-corrected chi connectivity index (χ3v) is 8.57. The lowest BCUT2D eigenvalue weighted by Crippen LogP contribution is -2.56. The van der Waals surface area contributed by atoms with E-state index >= 15 is 0 Å². The van der Waals surface area contributed by atoms with Gasteiger partial charge in [0.15, 0.2) is 5.69 Å². The van der Waals surface area contributed by atoms with Crippen molar-refractivity contribution in [2.75, 3.05) is 59.7 Å². The Morgan fingerprint density at radius 3 is 2.69 bits per heavy atom. The standard InChI is InChI=1S/C31H46N6O4.ClH/c1-22(2)21-36(27-18-25(19-32-20-27)30(38)35-12-15-41-16-13-35)31(39)29-28(9-4-5-14-40-3)37(34-33-29)26-11-10-23-7-6-8-24(23)17-26;/h10-11,17,22,25,27,32H,4-9,12-16,18-21H2,1-3H3;1H/t25-,27+;/m1./s1. The number of halogens is 1. The maximum atomic E-state index is 14.3. The van der Waals surface area contributed by atoms with Crippen molar-refractivity contribution >= 4 is 24.2 Å². The number of nitrogens with one attached hydrogen (secondary N) is 1. The predicted molar refractivity (Wildman–Crippen MR) is 163 cm³/mol. The van der Waals surface area contributed by atoms with Gasteiger partial charge in [0.2, 0.25) is 5.91 Å². The predicted octanol–water partition coefficient (Wildman–Crippen LogP) is 3.08. The third-order valence-electron chi connectivity index (χ3n) is 8.57. The number of piperidine rings is 1. The van der Waals surface area contributed by atoms with E-state index in [2.05, 4.69) is 47.7 Å². The van der Waals surface area contributed by atoms with E-state index in [1.807, 2.05) is 14.5 Å². The van der Waals surface area contributed by atoms with Gasteiger partial charge in [-0.05, 0) is 74.1 Å². The van der Waals surface area contributed by atoms with Gasteiger partial charge in [0.1, 0.15) is 0 Å². The Hall–Kier alpha value is -2.53. The zero-order valence-corrected chi connectivity index (χ0v) is 26.2. The number of fused-ring (bicyclic) bond motifs is 1. The molecule has 2 amide bonds. The quantitative estimate of drug-likeness (QED) is 0.394. The molecular weight excluding hydrogens is 556 g/mol. The van der Waals surface area contributed by atoms with Crippen LogP contribution in [-0.4, -0.2) is 102 Å². The van der Waals surface area contributed by atoms with E-state index in [4.69, 9.17) is 9.47 Å². The van der Waals surface area contributed by atoms with E-state index in [-0.39, 0.29) is 42.1 Å². The van der Waals surface area contributed by atoms with Gasteiger partial charge in [-0.25, -0.2) is 4.68 Å². The fraction of sp³-hybridized carbons (Fsp3) is 0.677. The molecule has 1 aromatic heterocycles. The maximum Gasteiger partial charge on any atom is 0.276 e. The number of aromatic nitrogens is 3. The maximum absolute atomic E-state index is 14.3. The van der Waals surface area contributed by atoms with Crippen LogP contribution in [-0.2, 0) is 33.5 Å². The highest BCUT2D eigenvalue weighted by Crippen LogP contribution is 2.27. The second kappa shape index (κ2) is 15.3. The fourth-order valence-corrected chi connectivity index (χ4v) is 6.44. The Kier molecular flexibility index (Phi) is 11.8. The molecule has 0 unspecified atom stereocenters. The van der Waals surface area contributed by atoms with Gasteiger partial charge in [0, 0.05) is 52.5 Å². The summed E-state index contributed by atoms with van der Waals surface area (Å²) in [6, 6.07) is 6.41. The molecule has 3 heterocycles. The molecule has 5 rings (SSSR count). The third kappa shape index (κ3) is 7.51. The van der Waals surface area contributed by atoms with Crippen LogP contribution in [0, 0.1) is 11.8 Å².